The van der Waals surface area contributed by atoms with Gasteiger partial charge in [-0.05, 0) is 62.3 Å². The van der Waals surface area contributed by atoms with E-state index in [1.54, 1.807) is 6.33 Å². The molecule has 0 spiro atoms. The summed E-state index contributed by atoms with van der Waals surface area (Å²) in [5.41, 5.74) is 6.22. The maximum absolute atomic E-state index is 12.0. The summed E-state index contributed by atoms with van der Waals surface area (Å²) < 4.78 is 0. The topological polar surface area (TPSA) is 78.0 Å². The number of hydrogen-bond acceptors (Lipinski definition) is 5. The molecular formula is C24H28N6O. The maximum Gasteiger partial charge on any atom is 0.246 e. The van der Waals surface area contributed by atoms with Crippen molar-refractivity contribution in [2.75, 3.05) is 24.5 Å². The van der Waals surface area contributed by atoms with Crippen LogP contribution < -0.4 is 4.90 Å². The number of aromatic amines is 1. The molecule has 2 atom stereocenters. The SMILES string of the molecule is C=CC(=O)N1CCN(c2ncnc3c2CCC(c2c(C)ccc4[nH]ncc24)C3)[C@@H](C)C1. The zero-order valence-corrected chi connectivity index (χ0v) is 18.1. The minimum atomic E-state index is 0.00264. The number of rotatable bonds is 3. The molecule has 1 aliphatic heterocycles. The van der Waals surface area contributed by atoms with Crippen LogP contribution in [0.4, 0.5) is 5.82 Å². The molecule has 2 aliphatic rings. The minimum Gasteiger partial charge on any atom is -0.350 e. The molecule has 0 radical (unpaired) electrons. The molecule has 31 heavy (non-hydrogen) atoms. The van der Waals surface area contributed by atoms with Crippen LogP contribution in [0, 0.1) is 6.92 Å². The predicted octanol–water partition coefficient (Wildman–Crippen LogP) is 3.16. The lowest BCUT2D eigenvalue weighted by Gasteiger charge is -2.41. The van der Waals surface area contributed by atoms with Gasteiger partial charge in [-0.3, -0.25) is 9.89 Å². The number of carbonyl (C=O) groups excluding carboxylic acids is 1. The molecule has 1 aromatic carbocycles. The molecule has 1 aliphatic carbocycles. The van der Waals surface area contributed by atoms with E-state index in [2.05, 4.69) is 52.6 Å². The van der Waals surface area contributed by atoms with Crippen LogP contribution in [0.3, 0.4) is 0 Å². The number of nitrogens with zero attached hydrogens (tertiary/aromatic N) is 5. The molecule has 5 rings (SSSR count). The van der Waals surface area contributed by atoms with Crippen LogP contribution in [0.1, 0.15) is 41.6 Å². The lowest BCUT2D eigenvalue weighted by atomic mass is 9.79. The van der Waals surface area contributed by atoms with Gasteiger partial charge in [-0.25, -0.2) is 9.97 Å². The second-order valence-electron chi connectivity index (χ2n) is 8.72. The first-order valence-corrected chi connectivity index (χ1v) is 11.0. The van der Waals surface area contributed by atoms with Gasteiger partial charge in [0.25, 0.3) is 0 Å². The molecule has 0 bridgehead atoms. The van der Waals surface area contributed by atoms with Gasteiger partial charge in [0.2, 0.25) is 5.91 Å². The van der Waals surface area contributed by atoms with Crippen molar-refractivity contribution >= 4 is 22.6 Å². The quantitative estimate of drug-likeness (QED) is 0.664. The number of piperazine rings is 1. The van der Waals surface area contributed by atoms with Gasteiger partial charge in [0.05, 0.1) is 11.7 Å². The van der Waals surface area contributed by atoms with Crippen LogP contribution in [0.25, 0.3) is 10.9 Å². The average molecular weight is 417 g/mol. The van der Waals surface area contributed by atoms with Gasteiger partial charge < -0.3 is 9.80 Å². The third kappa shape index (κ3) is 3.38. The van der Waals surface area contributed by atoms with Crippen molar-refractivity contribution in [1.82, 2.24) is 25.1 Å². The van der Waals surface area contributed by atoms with E-state index in [9.17, 15) is 4.79 Å². The zero-order valence-electron chi connectivity index (χ0n) is 18.1. The van der Waals surface area contributed by atoms with E-state index in [1.807, 2.05) is 11.1 Å². The average Bonchev–Trinajstić information content (AvgIpc) is 3.26. The Hall–Kier alpha value is -3.22. The molecule has 1 saturated heterocycles. The van der Waals surface area contributed by atoms with E-state index in [-0.39, 0.29) is 11.9 Å². The molecule has 1 N–H and O–H groups in total. The van der Waals surface area contributed by atoms with Gasteiger partial charge in [0, 0.05) is 42.3 Å². The highest BCUT2D eigenvalue weighted by Crippen LogP contribution is 2.39. The molecule has 3 aromatic rings. The molecule has 0 saturated carbocycles. The van der Waals surface area contributed by atoms with Crippen LogP contribution in [0.15, 0.2) is 37.3 Å². The lowest BCUT2D eigenvalue weighted by Crippen LogP contribution is -2.54. The van der Waals surface area contributed by atoms with Gasteiger partial charge in [0.1, 0.15) is 12.1 Å². The van der Waals surface area contributed by atoms with Crippen molar-refractivity contribution in [1.29, 1.82) is 0 Å². The number of carbonyl (C=O) groups is 1. The fourth-order valence-electron chi connectivity index (χ4n) is 5.31. The summed E-state index contributed by atoms with van der Waals surface area (Å²) in [6, 6.07) is 4.50. The number of amides is 1. The van der Waals surface area contributed by atoms with E-state index >= 15 is 0 Å². The summed E-state index contributed by atoms with van der Waals surface area (Å²) in [5.74, 6) is 1.47. The van der Waals surface area contributed by atoms with Crippen molar-refractivity contribution in [3.8, 4) is 0 Å². The number of nitrogens with one attached hydrogen (secondary N) is 1. The molecule has 7 nitrogen and oxygen atoms in total. The summed E-state index contributed by atoms with van der Waals surface area (Å²) in [4.78, 5) is 25.6. The highest BCUT2D eigenvalue weighted by Gasteiger charge is 2.32. The molecule has 1 fully saturated rings. The summed E-state index contributed by atoms with van der Waals surface area (Å²) in [5, 5.41) is 8.58. The third-order valence-corrected chi connectivity index (χ3v) is 6.87. The molecule has 3 heterocycles. The maximum atomic E-state index is 12.0. The van der Waals surface area contributed by atoms with Crippen molar-refractivity contribution < 1.29 is 4.79 Å². The van der Waals surface area contributed by atoms with Crippen molar-refractivity contribution in [2.45, 2.75) is 45.1 Å². The molecular weight excluding hydrogens is 388 g/mol. The summed E-state index contributed by atoms with van der Waals surface area (Å²) in [6.45, 7) is 10.1. The lowest BCUT2D eigenvalue weighted by molar-refractivity contribution is -0.126. The normalized spacial score (nSPS) is 21.2. The fraction of sp³-hybridized carbons (Fsp3) is 0.417. The van der Waals surface area contributed by atoms with Crippen molar-refractivity contribution in [3.63, 3.8) is 0 Å². The summed E-state index contributed by atoms with van der Waals surface area (Å²) >= 11 is 0. The van der Waals surface area contributed by atoms with Crippen molar-refractivity contribution in [3.05, 3.63) is 59.7 Å². The Labute approximate surface area is 182 Å². The Balaban J connectivity index is 1.43. The Morgan fingerprint density at radius 2 is 2.16 bits per heavy atom. The largest absolute Gasteiger partial charge is 0.350 e. The van der Waals surface area contributed by atoms with Crippen LogP contribution in [0.2, 0.25) is 0 Å². The van der Waals surface area contributed by atoms with E-state index in [1.165, 1.54) is 28.2 Å². The zero-order chi connectivity index (χ0) is 21.5. The number of H-pyrrole nitrogens is 1. The Morgan fingerprint density at radius 1 is 1.29 bits per heavy atom. The minimum absolute atomic E-state index is 0.00264. The first-order chi connectivity index (χ1) is 15.1. The van der Waals surface area contributed by atoms with Gasteiger partial charge in [-0.1, -0.05) is 12.6 Å². The van der Waals surface area contributed by atoms with E-state index in [0.29, 0.717) is 19.0 Å². The highest BCUT2D eigenvalue weighted by atomic mass is 16.2. The second-order valence-corrected chi connectivity index (χ2v) is 8.72. The number of anilines is 1. The summed E-state index contributed by atoms with van der Waals surface area (Å²) in [7, 11) is 0. The third-order valence-electron chi connectivity index (χ3n) is 6.87. The van der Waals surface area contributed by atoms with Crippen LogP contribution in [0.5, 0.6) is 0 Å². The highest BCUT2D eigenvalue weighted by molar-refractivity contribution is 5.87. The monoisotopic (exact) mass is 416 g/mol. The molecule has 1 amide bonds. The number of benzene rings is 1. The summed E-state index contributed by atoms with van der Waals surface area (Å²) in [6.07, 6.45) is 8.00. The Morgan fingerprint density at radius 3 is 2.97 bits per heavy atom. The first-order valence-electron chi connectivity index (χ1n) is 11.0. The first kappa shape index (κ1) is 19.7. The number of hydrogen-bond donors (Lipinski definition) is 1. The van der Waals surface area contributed by atoms with Crippen LogP contribution >= 0.6 is 0 Å². The van der Waals surface area contributed by atoms with E-state index in [4.69, 9.17) is 4.98 Å². The Bertz CT molecular complexity index is 1150. The van der Waals surface area contributed by atoms with E-state index < -0.39 is 0 Å². The molecule has 160 valence electrons. The Kier molecular flexibility index (Phi) is 4.96. The van der Waals surface area contributed by atoms with Crippen molar-refractivity contribution in [2.24, 2.45) is 0 Å². The molecule has 1 unspecified atom stereocenters. The second kappa shape index (κ2) is 7.80. The van der Waals surface area contributed by atoms with Crippen LogP contribution in [-0.4, -0.2) is 56.6 Å². The van der Waals surface area contributed by atoms with Crippen LogP contribution in [-0.2, 0) is 17.6 Å². The predicted molar refractivity (Wildman–Crippen MR) is 121 cm³/mol. The number of aromatic nitrogens is 4. The van der Waals surface area contributed by atoms with E-state index in [0.717, 1.165) is 42.8 Å². The number of aryl methyl sites for hydroxylation is 1. The smallest absolute Gasteiger partial charge is 0.246 e. The molecule has 7 heteroatoms. The number of fused-ring (bicyclic) bond motifs is 2. The van der Waals surface area contributed by atoms with Gasteiger partial charge in [0.15, 0.2) is 0 Å². The fourth-order valence-corrected chi connectivity index (χ4v) is 5.31. The van der Waals surface area contributed by atoms with Gasteiger partial charge in [-0.15, -0.1) is 0 Å². The standard InChI is InChI=1S/C24H28N6O/c1-4-22(31)29-9-10-30(16(3)13-29)24-18-7-6-17(11-21(18)25-14-26-24)23-15(2)5-8-20-19(23)12-27-28-20/h4-5,8,12,14,16-17H,1,6-7,9-11,13H2,2-3H3,(H,27,28)/t16-,17?/m0/s1. The van der Waals surface area contributed by atoms with Gasteiger partial charge >= 0.3 is 0 Å². The van der Waals surface area contributed by atoms with Gasteiger partial charge in [-0.2, -0.15) is 5.10 Å². The molecule has 2 aromatic heterocycles.